The number of aromatic nitrogens is 3. The van der Waals surface area contributed by atoms with Gasteiger partial charge in [0.25, 0.3) is 0 Å². The second-order valence-electron chi connectivity index (χ2n) is 7.11. The van der Waals surface area contributed by atoms with Crippen molar-refractivity contribution in [1.29, 1.82) is 0 Å². The van der Waals surface area contributed by atoms with Crippen LogP contribution in [-0.2, 0) is 4.79 Å². The summed E-state index contributed by atoms with van der Waals surface area (Å²) in [6.07, 6.45) is 2.78. The molecule has 148 valence electrons. The Labute approximate surface area is 172 Å². The van der Waals surface area contributed by atoms with Crippen LogP contribution in [0.2, 0.25) is 0 Å². The van der Waals surface area contributed by atoms with E-state index < -0.39 is 0 Å². The van der Waals surface area contributed by atoms with Crippen molar-refractivity contribution in [2.45, 2.75) is 24.8 Å². The van der Waals surface area contributed by atoms with E-state index in [0.717, 1.165) is 23.3 Å². The summed E-state index contributed by atoms with van der Waals surface area (Å²) < 4.78 is 12.6. The van der Waals surface area contributed by atoms with Crippen molar-refractivity contribution in [3.63, 3.8) is 0 Å². The Kier molecular flexibility index (Phi) is 4.35. The van der Waals surface area contributed by atoms with E-state index in [1.54, 1.807) is 30.2 Å². The van der Waals surface area contributed by atoms with E-state index in [2.05, 4.69) is 26.8 Å². The number of hydrogen-bond donors (Lipinski definition) is 1. The van der Waals surface area contributed by atoms with Crippen molar-refractivity contribution in [3.8, 4) is 11.5 Å². The van der Waals surface area contributed by atoms with E-state index >= 15 is 0 Å². The lowest BCUT2D eigenvalue weighted by Crippen LogP contribution is -2.33. The van der Waals surface area contributed by atoms with Crippen molar-refractivity contribution >= 4 is 23.1 Å². The van der Waals surface area contributed by atoms with Crippen molar-refractivity contribution in [1.82, 2.24) is 14.8 Å². The highest BCUT2D eigenvalue weighted by Gasteiger charge is 2.39. The Bertz CT molecular complexity index is 1100. The summed E-state index contributed by atoms with van der Waals surface area (Å²) in [6, 6.07) is 9.50. The van der Waals surface area contributed by atoms with Gasteiger partial charge in [-0.25, -0.2) is 4.68 Å². The topological polar surface area (TPSA) is 78.3 Å². The fourth-order valence-corrected chi connectivity index (χ4v) is 5.04. The third-order valence-corrected chi connectivity index (χ3v) is 6.57. The summed E-state index contributed by atoms with van der Waals surface area (Å²) in [5.41, 5.74) is 2.59. The second kappa shape index (κ2) is 7.04. The van der Waals surface area contributed by atoms with E-state index in [0.29, 0.717) is 23.9 Å². The van der Waals surface area contributed by atoms with Gasteiger partial charge in [0.15, 0.2) is 17.3 Å². The molecule has 29 heavy (non-hydrogen) atoms. The Morgan fingerprint density at radius 3 is 2.79 bits per heavy atom. The number of rotatable bonds is 4. The molecule has 1 N–H and O–H groups in total. The fourth-order valence-electron chi connectivity index (χ4n) is 4.21. The number of nitrogens with one attached hydrogen (secondary N) is 1. The maximum absolute atomic E-state index is 13.3. The summed E-state index contributed by atoms with van der Waals surface area (Å²) in [6.45, 7) is 0. The highest BCUT2D eigenvalue weighted by atomic mass is 32.1. The summed E-state index contributed by atoms with van der Waals surface area (Å²) >= 11 is 1.70. The third-order valence-electron chi connectivity index (χ3n) is 5.53. The molecule has 2 aliphatic rings. The van der Waals surface area contributed by atoms with Gasteiger partial charge in [-0.2, -0.15) is 10.1 Å². The first-order chi connectivity index (χ1) is 14.2. The molecule has 5 rings (SSSR count). The van der Waals surface area contributed by atoms with Gasteiger partial charge in [-0.05, 0) is 35.6 Å². The molecule has 1 aromatic carbocycles. The standard InChI is InChI=1S/C21H20N4O3S/c1-27-16-6-5-12(10-17(16)28-2)20-19-14(24-21-22-11-23-25(20)21)8-13(9-15(19)26)18-4-3-7-29-18/h3-7,10-11,13,20H,8-9H2,1-2H3,(H,22,23,24)/t13-,20-/m0/s1. The zero-order chi connectivity index (χ0) is 20.0. The highest BCUT2D eigenvalue weighted by molar-refractivity contribution is 7.10. The fraction of sp³-hybridized carbons (Fsp3) is 0.286. The SMILES string of the molecule is COc1ccc([C@H]2C3=C(C[C@H](c4cccs4)CC3=O)Nc3ncnn32)cc1OC. The molecule has 0 amide bonds. The number of ketones is 1. The van der Waals surface area contributed by atoms with Gasteiger partial charge in [0.05, 0.1) is 14.2 Å². The first-order valence-electron chi connectivity index (χ1n) is 9.37. The number of carbonyl (C=O) groups excluding carboxylic acids is 1. The predicted molar refractivity (Wildman–Crippen MR) is 110 cm³/mol. The number of Topliss-reactive ketones (excluding diaryl/α,β-unsaturated/α-hetero) is 1. The zero-order valence-electron chi connectivity index (χ0n) is 16.1. The monoisotopic (exact) mass is 408 g/mol. The van der Waals surface area contributed by atoms with Gasteiger partial charge in [-0.15, -0.1) is 11.3 Å². The van der Waals surface area contributed by atoms with Gasteiger partial charge >= 0.3 is 0 Å². The largest absolute Gasteiger partial charge is 0.493 e. The molecule has 8 heteroatoms. The molecule has 0 fully saturated rings. The Balaban J connectivity index is 1.62. The van der Waals surface area contributed by atoms with Crippen molar-refractivity contribution < 1.29 is 14.3 Å². The smallest absolute Gasteiger partial charge is 0.226 e. The lowest BCUT2D eigenvalue weighted by Gasteiger charge is -2.35. The molecule has 2 aromatic heterocycles. The van der Waals surface area contributed by atoms with Crippen molar-refractivity contribution in [3.05, 3.63) is 63.7 Å². The Hall–Kier alpha value is -3.13. The summed E-state index contributed by atoms with van der Waals surface area (Å²) in [4.78, 5) is 18.9. The van der Waals surface area contributed by atoms with Crippen LogP contribution in [0.1, 0.15) is 35.2 Å². The normalized spacial score (nSPS) is 20.7. The third kappa shape index (κ3) is 2.91. The van der Waals surface area contributed by atoms with Gasteiger partial charge in [0.1, 0.15) is 12.4 Å². The summed E-state index contributed by atoms with van der Waals surface area (Å²) in [5, 5.41) is 9.80. The summed E-state index contributed by atoms with van der Waals surface area (Å²) in [5.74, 6) is 2.23. The average molecular weight is 408 g/mol. The molecule has 2 atom stereocenters. The first-order valence-corrected chi connectivity index (χ1v) is 10.3. The first kappa shape index (κ1) is 17.9. The molecule has 0 saturated heterocycles. The van der Waals surface area contributed by atoms with E-state index in [4.69, 9.17) is 9.47 Å². The van der Waals surface area contributed by atoms with Crippen LogP contribution < -0.4 is 14.8 Å². The number of carbonyl (C=O) groups is 1. The number of methoxy groups -OCH3 is 2. The lowest BCUT2D eigenvalue weighted by atomic mass is 9.80. The number of benzene rings is 1. The van der Waals surface area contributed by atoms with Crippen LogP contribution in [0.15, 0.2) is 53.3 Å². The number of ether oxygens (including phenoxy) is 2. The number of fused-ring (bicyclic) bond motifs is 1. The molecule has 3 aromatic rings. The van der Waals surface area contributed by atoms with Crippen molar-refractivity contribution in [2.24, 2.45) is 0 Å². The van der Waals surface area contributed by atoms with Gasteiger partial charge in [-0.1, -0.05) is 12.1 Å². The van der Waals surface area contributed by atoms with Crippen LogP contribution >= 0.6 is 11.3 Å². The van der Waals surface area contributed by atoms with E-state index in [1.165, 1.54) is 11.2 Å². The molecular formula is C21H20N4O3S. The minimum atomic E-state index is -0.347. The molecule has 0 saturated carbocycles. The van der Waals surface area contributed by atoms with Gasteiger partial charge < -0.3 is 14.8 Å². The second-order valence-corrected chi connectivity index (χ2v) is 8.09. The van der Waals surface area contributed by atoms with E-state index in [-0.39, 0.29) is 17.7 Å². The van der Waals surface area contributed by atoms with E-state index in [1.807, 2.05) is 24.3 Å². The minimum absolute atomic E-state index is 0.137. The average Bonchev–Trinajstić information content (AvgIpc) is 3.43. The number of thiophene rings is 1. The van der Waals surface area contributed by atoms with Crippen LogP contribution in [0.3, 0.4) is 0 Å². The highest BCUT2D eigenvalue weighted by Crippen LogP contribution is 2.45. The van der Waals surface area contributed by atoms with Crippen LogP contribution in [0.25, 0.3) is 0 Å². The van der Waals surface area contributed by atoms with Crippen molar-refractivity contribution in [2.75, 3.05) is 19.5 Å². The summed E-state index contributed by atoms with van der Waals surface area (Å²) in [7, 11) is 3.21. The quantitative estimate of drug-likeness (QED) is 0.708. The molecule has 0 unspecified atom stereocenters. The predicted octanol–water partition coefficient (Wildman–Crippen LogP) is 3.77. The Morgan fingerprint density at radius 1 is 1.17 bits per heavy atom. The molecule has 1 aliphatic carbocycles. The molecule has 0 radical (unpaired) electrons. The van der Waals surface area contributed by atoms with Crippen LogP contribution in [0, 0.1) is 0 Å². The number of hydrogen-bond acceptors (Lipinski definition) is 7. The van der Waals surface area contributed by atoms with Gasteiger partial charge in [0, 0.05) is 28.5 Å². The Morgan fingerprint density at radius 2 is 2.03 bits per heavy atom. The molecule has 7 nitrogen and oxygen atoms in total. The molecule has 3 heterocycles. The number of nitrogens with zero attached hydrogens (tertiary/aromatic N) is 3. The molecule has 0 spiro atoms. The maximum atomic E-state index is 13.3. The minimum Gasteiger partial charge on any atom is -0.493 e. The van der Waals surface area contributed by atoms with Gasteiger partial charge in [0.2, 0.25) is 5.95 Å². The number of allylic oxidation sites excluding steroid dienone is 2. The zero-order valence-corrected chi connectivity index (χ0v) is 16.9. The van der Waals surface area contributed by atoms with E-state index in [9.17, 15) is 4.79 Å². The van der Waals surface area contributed by atoms with Gasteiger partial charge in [-0.3, -0.25) is 4.79 Å². The lowest BCUT2D eigenvalue weighted by molar-refractivity contribution is -0.116. The van der Waals surface area contributed by atoms with Crippen LogP contribution in [0.4, 0.5) is 5.95 Å². The maximum Gasteiger partial charge on any atom is 0.226 e. The molecule has 0 bridgehead atoms. The number of anilines is 1. The molecular weight excluding hydrogens is 388 g/mol. The van der Waals surface area contributed by atoms with Crippen LogP contribution in [-0.4, -0.2) is 34.8 Å². The van der Waals surface area contributed by atoms with Crippen LogP contribution in [0.5, 0.6) is 11.5 Å². The molecule has 1 aliphatic heterocycles.